The van der Waals surface area contributed by atoms with Crippen LogP contribution >= 0.6 is 11.6 Å². The lowest BCUT2D eigenvalue weighted by Crippen LogP contribution is -2.38. The van der Waals surface area contributed by atoms with E-state index >= 15 is 0 Å². The molecule has 1 N–H and O–H groups in total. The largest absolute Gasteiger partial charge is 0.349 e. The summed E-state index contributed by atoms with van der Waals surface area (Å²) in [5.74, 6) is -0.412. The van der Waals surface area contributed by atoms with E-state index in [1.807, 2.05) is 13.8 Å². The van der Waals surface area contributed by atoms with Crippen LogP contribution in [0.15, 0.2) is 47.6 Å². The van der Waals surface area contributed by atoms with Crippen molar-refractivity contribution in [3.05, 3.63) is 64.6 Å². The second-order valence-corrected chi connectivity index (χ2v) is 9.11. The number of fused-ring (bicyclic) bond motifs is 1. The van der Waals surface area contributed by atoms with Crippen molar-refractivity contribution in [2.24, 2.45) is 0 Å². The van der Waals surface area contributed by atoms with Crippen LogP contribution in [0.3, 0.4) is 0 Å². The number of benzene rings is 1. The van der Waals surface area contributed by atoms with Crippen LogP contribution in [0.4, 0.5) is 0 Å². The first-order valence-corrected chi connectivity index (χ1v) is 10.4. The van der Waals surface area contributed by atoms with Crippen molar-refractivity contribution in [2.45, 2.75) is 25.3 Å². The number of nitrogens with zero attached hydrogens (tertiary/aromatic N) is 3. The highest BCUT2D eigenvalue weighted by Crippen LogP contribution is 2.18. The van der Waals surface area contributed by atoms with Gasteiger partial charge in [0.2, 0.25) is 15.9 Å². The summed E-state index contributed by atoms with van der Waals surface area (Å²) in [6.45, 7) is 3.67. The molecule has 1 amide bonds. The average molecular weight is 421 g/mol. The molecule has 1 aromatic carbocycles. The van der Waals surface area contributed by atoms with Gasteiger partial charge < -0.3 is 9.72 Å². The molecule has 7 nitrogen and oxygen atoms in total. The second kappa shape index (κ2) is 7.90. The molecule has 0 aliphatic carbocycles. The Morgan fingerprint density at radius 3 is 2.64 bits per heavy atom. The normalized spacial score (nSPS) is 11.9. The third-order valence-corrected chi connectivity index (χ3v) is 6.51. The number of nitrogens with one attached hydrogen (secondary N) is 1. The number of carbonyl (C=O) groups excluding carboxylic acids is 1. The van der Waals surface area contributed by atoms with Gasteiger partial charge >= 0.3 is 0 Å². The van der Waals surface area contributed by atoms with Gasteiger partial charge in [0.15, 0.2) is 0 Å². The van der Waals surface area contributed by atoms with Crippen molar-refractivity contribution in [1.82, 2.24) is 19.0 Å². The zero-order chi connectivity index (χ0) is 20.5. The predicted octanol–water partition coefficient (Wildman–Crippen LogP) is 2.54. The van der Waals surface area contributed by atoms with Crippen LogP contribution in [-0.4, -0.2) is 41.6 Å². The van der Waals surface area contributed by atoms with Crippen LogP contribution in [0.5, 0.6) is 0 Å². The maximum Gasteiger partial charge on any atom is 0.243 e. The van der Waals surface area contributed by atoms with E-state index < -0.39 is 15.9 Å². The summed E-state index contributed by atoms with van der Waals surface area (Å²) in [4.78, 5) is 16.8. The zero-order valence-electron chi connectivity index (χ0n) is 15.8. The topological polar surface area (TPSA) is 83.8 Å². The van der Waals surface area contributed by atoms with Crippen LogP contribution in [0.25, 0.3) is 5.65 Å². The van der Waals surface area contributed by atoms with E-state index in [1.165, 1.54) is 7.05 Å². The van der Waals surface area contributed by atoms with Crippen molar-refractivity contribution in [3.8, 4) is 0 Å². The lowest BCUT2D eigenvalue weighted by Gasteiger charge is -2.17. The van der Waals surface area contributed by atoms with Crippen LogP contribution in [0, 0.1) is 13.8 Å². The summed E-state index contributed by atoms with van der Waals surface area (Å²) >= 11 is 5.94. The molecular weight excluding hydrogens is 400 g/mol. The van der Waals surface area contributed by atoms with Crippen molar-refractivity contribution in [2.75, 3.05) is 13.6 Å². The quantitative estimate of drug-likeness (QED) is 0.664. The first kappa shape index (κ1) is 20.3. The lowest BCUT2D eigenvalue weighted by molar-refractivity contribution is -0.121. The number of amides is 1. The van der Waals surface area contributed by atoms with Crippen molar-refractivity contribution < 1.29 is 13.2 Å². The number of rotatable bonds is 6. The van der Waals surface area contributed by atoms with E-state index in [2.05, 4.69) is 10.3 Å². The Balaban J connectivity index is 1.63. The molecule has 3 rings (SSSR count). The first-order chi connectivity index (χ1) is 13.2. The molecule has 0 aliphatic rings. The number of pyridine rings is 1. The molecule has 28 heavy (non-hydrogen) atoms. The number of hydrogen-bond acceptors (Lipinski definition) is 4. The maximum absolute atomic E-state index is 12.7. The molecular formula is C19H21ClN4O3S. The summed E-state index contributed by atoms with van der Waals surface area (Å²) in [7, 11) is -2.36. The molecule has 0 fully saturated rings. The van der Waals surface area contributed by atoms with Gasteiger partial charge in [0.1, 0.15) is 5.65 Å². The molecule has 2 aromatic heterocycles. The van der Waals surface area contributed by atoms with Crippen LogP contribution < -0.4 is 5.32 Å². The molecule has 0 radical (unpaired) electrons. The van der Waals surface area contributed by atoms with E-state index in [0.29, 0.717) is 16.4 Å². The van der Waals surface area contributed by atoms with Gasteiger partial charge in [-0.05, 0) is 49.2 Å². The third-order valence-electron chi connectivity index (χ3n) is 4.48. The van der Waals surface area contributed by atoms with E-state index in [0.717, 1.165) is 15.4 Å². The van der Waals surface area contributed by atoms with E-state index in [4.69, 9.17) is 11.6 Å². The first-order valence-electron chi connectivity index (χ1n) is 8.60. The van der Waals surface area contributed by atoms with Gasteiger partial charge in [0, 0.05) is 19.4 Å². The van der Waals surface area contributed by atoms with Crippen LogP contribution in [0.1, 0.15) is 16.8 Å². The Labute approximate surface area is 169 Å². The molecule has 2 heterocycles. The monoisotopic (exact) mass is 420 g/mol. The van der Waals surface area contributed by atoms with Gasteiger partial charge in [-0.1, -0.05) is 17.7 Å². The number of aromatic nitrogens is 2. The standard InChI is InChI=1S/C19H21ClN4O3S/c1-13-4-6-17(8-14(13)2)28(26,27)23(3)12-19(25)21-9-16-11-24-10-15(20)5-7-18(24)22-16/h4-8,10-11H,9,12H2,1-3H3,(H,21,25). The number of likely N-dealkylation sites (N-methyl/N-ethyl adjacent to an activating group) is 1. The van der Waals surface area contributed by atoms with Gasteiger partial charge in [-0.3, -0.25) is 4.79 Å². The van der Waals surface area contributed by atoms with Crippen LogP contribution in [0.2, 0.25) is 5.02 Å². The van der Waals surface area contributed by atoms with Gasteiger partial charge in [-0.2, -0.15) is 4.31 Å². The van der Waals surface area contributed by atoms with Gasteiger partial charge in [0.25, 0.3) is 0 Å². The zero-order valence-corrected chi connectivity index (χ0v) is 17.4. The molecule has 9 heteroatoms. The minimum absolute atomic E-state index is 0.170. The number of sulfonamides is 1. The Kier molecular flexibility index (Phi) is 5.74. The van der Waals surface area contributed by atoms with Gasteiger partial charge in [0.05, 0.1) is 28.7 Å². The number of halogens is 1. The van der Waals surface area contributed by atoms with Gasteiger partial charge in [-0.15, -0.1) is 0 Å². The van der Waals surface area contributed by atoms with Gasteiger partial charge in [-0.25, -0.2) is 13.4 Å². The summed E-state index contributed by atoms with van der Waals surface area (Å²) < 4.78 is 28.1. The fourth-order valence-electron chi connectivity index (χ4n) is 2.69. The molecule has 0 aliphatic heterocycles. The minimum Gasteiger partial charge on any atom is -0.349 e. The van der Waals surface area contributed by atoms with Crippen LogP contribution in [-0.2, 0) is 21.4 Å². The van der Waals surface area contributed by atoms with Crippen molar-refractivity contribution in [3.63, 3.8) is 0 Å². The molecule has 3 aromatic rings. The Hall–Kier alpha value is -2.42. The molecule has 0 spiro atoms. The number of imidazole rings is 1. The summed E-state index contributed by atoms with van der Waals surface area (Å²) in [6.07, 6.45) is 3.48. The fraction of sp³-hybridized carbons (Fsp3) is 0.263. The highest BCUT2D eigenvalue weighted by atomic mass is 35.5. The van der Waals surface area contributed by atoms with Crippen molar-refractivity contribution in [1.29, 1.82) is 0 Å². The predicted molar refractivity (Wildman–Crippen MR) is 108 cm³/mol. The Bertz CT molecular complexity index is 1140. The molecule has 0 bridgehead atoms. The Morgan fingerprint density at radius 2 is 1.93 bits per heavy atom. The SMILES string of the molecule is Cc1ccc(S(=O)(=O)N(C)CC(=O)NCc2cn3cc(Cl)ccc3n2)cc1C. The van der Waals surface area contributed by atoms with Crippen molar-refractivity contribution >= 4 is 33.2 Å². The molecule has 148 valence electrons. The molecule has 0 saturated carbocycles. The maximum atomic E-state index is 12.7. The summed E-state index contributed by atoms with van der Waals surface area (Å²) in [5.41, 5.74) is 3.25. The number of hydrogen-bond donors (Lipinski definition) is 1. The third kappa shape index (κ3) is 4.35. The average Bonchev–Trinajstić information content (AvgIpc) is 3.04. The summed E-state index contributed by atoms with van der Waals surface area (Å²) in [6, 6.07) is 8.43. The fourth-order valence-corrected chi connectivity index (χ4v) is 4.07. The van der Waals surface area contributed by atoms with E-state index in [-0.39, 0.29) is 18.0 Å². The number of carbonyl (C=O) groups is 1. The minimum atomic E-state index is -3.74. The highest BCUT2D eigenvalue weighted by molar-refractivity contribution is 7.89. The highest BCUT2D eigenvalue weighted by Gasteiger charge is 2.23. The van der Waals surface area contributed by atoms with E-state index in [1.54, 1.807) is 47.1 Å². The second-order valence-electron chi connectivity index (χ2n) is 6.63. The Morgan fingerprint density at radius 1 is 1.18 bits per heavy atom. The lowest BCUT2D eigenvalue weighted by atomic mass is 10.1. The molecule has 0 atom stereocenters. The van der Waals surface area contributed by atoms with E-state index in [9.17, 15) is 13.2 Å². The molecule has 0 unspecified atom stereocenters. The smallest absolute Gasteiger partial charge is 0.243 e. The number of aryl methyl sites for hydroxylation is 2. The molecule has 0 saturated heterocycles. The summed E-state index contributed by atoms with van der Waals surface area (Å²) in [5, 5.41) is 3.28.